The lowest BCUT2D eigenvalue weighted by Crippen LogP contribution is -2.32. The molecule has 2 amide bonds. The van der Waals surface area contributed by atoms with Crippen molar-refractivity contribution in [2.75, 3.05) is 29.9 Å². The molecule has 28 heavy (non-hydrogen) atoms. The van der Waals surface area contributed by atoms with Gasteiger partial charge in [0.25, 0.3) is 5.91 Å². The van der Waals surface area contributed by atoms with Crippen molar-refractivity contribution in [1.29, 1.82) is 0 Å². The van der Waals surface area contributed by atoms with E-state index in [0.29, 0.717) is 15.6 Å². The third-order valence-electron chi connectivity index (χ3n) is 4.61. The lowest BCUT2D eigenvalue weighted by atomic mass is 10.2. The van der Waals surface area contributed by atoms with Gasteiger partial charge in [-0.2, -0.15) is 0 Å². The van der Waals surface area contributed by atoms with E-state index in [-0.39, 0.29) is 18.4 Å². The molecule has 0 aliphatic carbocycles. The molecule has 1 aliphatic rings. The number of nitrogens with zero attached hydrogens (tertiary/aromatic N) is 2. The summed E-state index contributed by atoms with van der Waals surface area (Å²) in [6.45, 7) is 1.90. The summed E-state index contributed by atoms with van der Waals surface area (Å²) in [5, 5.41) is 6.62. The van der Waals surface area contributed by atoms with E-state index in [2.05, 4.69) is 20.5 Å². The zero-order chi connectivity index (χ0) is 19.5. The van der Waals surface area contributed by atoms with Crippen molar-refractivity contribution in [3.63, 3.8) is 0 Å². The molecule has 1 aliphatic heterocycles. The van der Waals surface area contributed by atoms with Crippen LogP contribution in [0.4, 0.5) is 11.5 Å². The molecule has 4 rings (SSSR count). The van der Waals surface area contributed by atoms with Crippen LogP contribution in [0.25, 0.3) is 10.1 Å². The predicted octanol–water partition coefficient (Wildman–Crippen LogP) is 3.92. The molecule has 3 heterocycles. The quantitative estimate of drug-likeness (QED) is 0.663. The molecule has 0 unspecified atom stereocenters. The van der Waals surface area contributed by atoms with Crippen LogP contribution >= 0.6 is 22.9 Å². The first-order valence-corrected chi connectivity index (χ1v) is 10.3. The third-order valence-corrected chi connectivity index (χ3v) is 6.29. The number of rotatable bonds is 5. The summed E-state index contributed by atoms with van der Waals surface area (Å²) in [5.74, 6) is 0.244. The van der Waals surface area contributed by atoms with E-state index >= 15 is 0 Å². The minimum atomic E-state index is -0.358. The number of nitrogens with one attached hydrogen (secondary N) is 2. The fraction of sp³-hybridized carbons (Fsp3) is 0.250. The maximum atomic E-state index is 12.4. The number of anilines is 2. The van der Waals surface area contributed by atoms with Crippen LogP contribution in [0, 0.1) is 0 Å². The van der Waals surface area contributed by atoms with Gasteiger partial charge < -0.3 is 15.5 Å². The first kappa shape index (κ1) is 18.7. The number of amides is 2. The van der Waals surface area contributed by atoms with Crippen molar-refractivity contribution in [1.82, 2.24) is 10.3 Å². The van der Waals surface area contributed by atoms with Gasteiger partial charge >= 0.3 is 0 Å². The van der Waals surface area contributed by atoms with Gasteiger partial charge in [0.05, 0.1) is 23.5 Å². The number of hydrogen-bond donors (Lipinski definition) is 2. The molecule has 2 N–H and O–H groups in total. The SMILES string of the molecule is O=C(CNC(=O)c1sc2ccccc2c1Cl)Nc1ccc(N2CCCC2)nc1. The van der Waals surface area contributed by atoms with Gasteiger partial charge in [0, 0.05) is 23.2 Å². The smallest absolute Gasteiger partial charge is 0.263 e. The van der Waals surface area contributed by atoms with E-state index in [9.17, 15) is 9.59 Å². The van der Waals surface area contributed by atoms with E-state index in [0.717, 1.165) is 29.0 Å². The molecular weight excluding hydrogens is 396 g/mol. The van der Waals surface area contributed by atoms with Gasteiger partial charge in [-0.1, -0.05) is 29.8 Å². The van der Waals surface area contributed by atoms with Crippen molar-refractivity contribution in [3.05, 3.63) is 52.5 Å². The fourth-order valence-electron chi connectivity index (χ4n) is 3.20. The molecular formula is C20H19ClN4O2S. The molecule has 1 fully saturated rings. The highest BCUT2D eigenvalue weighted by Gasteiger charge is 2.18. The van der Waals surface area contributed by atoms with Gasteiger partial charge in [-0.15, -0.1) is 11.3 Å². The zero-order valence-corrected chi connectivity index (χ0v) is 16.6. The molecule has 0 atom stereocenters. The van der Waals surface area contributed by atoms with Crippen molar-refractivity contribution in [3.8, 4) is 0 Å². The number of aromatic nitrogens is 1. The summed E-state index contributed by atoms with van der Waals surface area (Å²) in [7, 11) is 0. The summed E-state index contributed by atoms with van der Waals surface area (Å²) in [4.78, 5) is 31.6. The van der Waals surface area contributed by atoms with Crippen LogP contribution < -0.4 is 15.5 Å². The number of hydrogen-bond acceptors (Lipinski definition) is 5. The summed E-state index contributed by atoms with van der Waals surface area (Å²) in [5.41, 5.74) is 0.599. The number of carbonyl (C=O) groups excluding carboxylic acids is 2. The highest BCUT2D eigenvalue weighted by atomic mass is 35.5. The number of fused-ring (bicyclic) bond motifs is 1. The topological polar surface area (TPSA) is 74.3 Å². The van der Waals surface area contributed by atoms with E-state index in [1.165, 1.54) is 24.2 Å². The summed E-state index contributed by atoms with van der Waals surface area (Å²) in [6, 6.07) is 11.3. The number of halogens is 1. The number of thiophene rings is 1. The van der Waals surface area contributed by atoms with Gasteiger partial charge in [-0.25, -0.2) is 4.98 Å². The van der Waals surface area contributed by atoms with Crippen LogP contribution in [0.1, 0.15) is 22.5 Å². The normalized spacial score (nSPS) is 13.7. The number of pyridine rings is 1. The highest BCUT2D eigenvalue weighted by Crippen LogP contribution is 2.34. The molecule has 0 saturated carbocycles. The van der Waals surface area contributed by atoms with E-state index < -0.39 is 0 Å². The monoisotopic (exact) mass is 414 g/mol. The van der Waals surface area contributed by atoms with E-state index in [1.807, 2.05) is 36.4 Å². The minimum absolute atomic E-state index is 0.142. The number of benzene rings is 1. The summed E-state index contributed by atoms with van der Waals surface area (Å²) in [6.07, 6.45) is 4.00. The second-order valence-electron chi connectivity index (χ2n) is 6.57. The molecule has 3 aromatic rings. The second kappa shape index (κ2) is 8.16. The average Bonchev–Trinajstić information content (AvgIpc) is 3.36. The van der Waals surface area contributed by atoms with Crippen molar-refractivity contribution >= 4 is 56.3 Å². The minimum Gasteiger partial charge on any atom is -0.357 e. The fourth-order valence-corrected chi connectivity index (χ4v) is 4.63. The van der Waals surface area contributed by atoms with E-state index in [1.54, 1.807) is 6.20 Å². The molecule has 0 bridgehead atoms. The Kier molecular flexibility index (Phi) is 5.45. The largest absolute Gasteiger partial charge is 0.357 e. The molecule has 0 radical (unpaired) electrons. The lowest BCUT2D eigenvalue weighted by molar-refractivity contribution is -0.115. The van der Waals surface area contributed by atoms with Gasteiger partial charge in [-0.05, 0) is 31.0 Å². The van der Waals surface area contributed by atoms with Gasteiger partial charge in [0.1, 0.15) is 10.7 Å². The second-order valence-corrected chi connectivity index (χ2v) is 8.00. The highest BCUT2D eigenvalue weighted by molar-refractivity contribution is 7.21. The maximum absolute atomic E-state index is 12.4. The Labute approximate surface area is 171 Å². The Morgan fingerprint density at radius 3 is 2.64 bits per heavy atom. The van der Waals surface area contributed by atoms with Gasteiger partial charge in [0.2, 0.25) is 5.91 Å². The molecule has 1 aromatic carbocycles. The van der Waals surface area contributed by atoms with Gasteiger partial charge in [0.15, 0.2) is 0 Å². The van der Waals surface area contributed by atoms with E-state index in [4.69, 9.17) is 11.6 Å². The van der Waals surface area contributed by atoms with Crippen molar-refractivity contribution in [2.45, 2.75) is 12.8 Å². The molecule has 1 saturated heterocycles. The summed E-state index contributed by atoms with van der Waals surface area (Å²) < 4.78 is 0.936. The molecule has 0 spiro atoms. The first-order valence-electron chi connectivity index (χ1n) is 9.08. The van der Waals surface area contributed by atoms with Crippen molar-refractivity contribution < 1.29 is 9.59 Å². The maximum Gasteiger partial charge on any atom is 0.263 e. The standard InChI is InChI=1S/C20H19ClN4O2S/c21-18-14-5-1-2-6-15(14)28-19(18)20(27)23-12-17(26)24-13-7-8-16(22-11-13)25-9-3-4-10-25/h1-2,5-8,11H,3-4,9-10,12H2,(H,23,27)(H,24,26). The van der Waals surface area contributed by atoms with Gasteiger partial charge in [-0.3, -0.25) is 9.59 Å². The average molecular weight is 415 g/mol. The third kappa shape index (κ3) is 3.95. The Morgan fingerprint density at radius 1 is 1.14 bits per heavy atom. The molecule has 8 heteroatoms. The molecule has 144 valence electrons. The zero-order valence-electron chi connectivity index (χ0n) is 15.1. The molecule has 2 aromatic heterocycles. The van der Waals surface area contributed by atoms with Crippen LogP contribution in [0.15, 0.2) is 42.6 Å². The first-order chi connectivity index (χ1) is 13.6. The van der Waals surface area contributed by atoms with Crippen LogP contribution in [0.5, 0.6) is 0 Å². The van der Waals surface area contributed by atoms with Crippen molar-refractivity contribution in [2.24, 2.45) is 0 Å². The van der Waals surface area contributed by atoms with Crippen LogP contribution in [0.3, 0.4) is 0 Å². The van der Waals surface area contributed by atoms with Crippen LogP contribution in [-0.2, 0) is 4.79 Å². The van der Waals surface area contributed by atoms with Crippen LogP contribution in [0.2, 0.25) is 5.02 Å². The Morgan fingerprint density at radius 2 is 1.93 bits per heavy atom. The Bertz CT molecular complexity index is 1010. The molecule has 6 nitrogen and oxygen atoms in total. The predicted molar refractivity (Wildman–Crippen MR) is 113 cm³/mol. The Balaban J connectivity index is 1.33. The van der Waals surface area contributed by atoms with Crippen LogP contribution in [-0.4, -0.2) is 36.4 Å². The number of carbonyl (C=O) groups is 2. The summed E-state index contributed by atoms with van der Waals surface area (Å²) >= 11 is 7.61. The lowest BCUT2D eigenvalue weighted by Gasteiger charge is -2.16. The Hall–Kier alpha value is -2.64.